The third-order valence-corrected chi connectivity index (χ3v) is 2.79. The van der Waals surface area contributed by atoms with Gasteiger partial charge in [-0.3, -0.25) is 9.48 Å². The van der Waals surface area contributed by atoms with Crippen molar-refractivity contribution >= 4 is 29.0 Å². The molecule has 0 aliphatic heterocycles. The number of hydrogen-bond acceptors (Lipinski definition) is 2. The van der Waals surface area contributed by atoms with Gasteiger partial charge in [-0.1, -0.05) is 29.3 Å². The van der Waals surface area contributed by atoms with Gasteiger partial charge in [0.2, 0.25) is 0 Å². The number of carbonyl (C=O) groups is 1. The van der Waals surface area contributed by atoms with Gasteiger partial charge in [-0.05, 0) is 12.1 Å². The number of aromatic nitrogens is 2. The van der Waals surface area contributed by atoms with Crippen molar-refractivity contribution < 1.29 is 4.79 Å². The Morgan fingerprint density at radius 2 is 1.94 bits per heavy atom. The van der Waals surface area contributed by atoms with Crippen LogP contribution in [0.15, 0.2) is 30.6 Å². The first-order valence-electron chi connectivity index (χ1n) is 4.57. The quantitative estimate of drug-likeness (QED) is 0.773. The van der Waals surface area contributed by atoms with Crippen LogP contribution in [-0.4, -0.2) is 15.6 Å². The summed E-state index contributed by atoms with van der Waals surface area (Å²) in [6.45, 7) is 0. The van der Waals surface area contributed by atoms with E-state index >= 15 is 0 Å². The Balaban J connectivity index is 2.49. The predicted molar refractivity (Wildman–Crippen MR) is 63.1 cm³/mol. The second-order valence-electron chi connectivity index (χ2n) is 3.33. The number of benzene rings is 1. The topological polar surface area (TPSA) is 34.9 Å². The van der Waals surface area contributed by atoms with Crippen LogP contribution >= 0.6 is 23.2 Å². The highest BCUT2D eigenvalue weighted by Crippen LogP contribution is 2.26. The second kappa shape index (κ2) is 4.28. The van der Waals surface area contributed by atoms with Crippen molar-refractivity contribution in [3.05, 3.63) is 51.8 Å². The van der Waals surface area contributed by atoms with Crippen LogP contribution in [0.3, 0.4) is 0 Å². The maximum Gasteiger partial charge on any atom is 0.199 e. The van der Waals surface area contributed by atoms with E-state index in [1.54, 1.807) is 36.1 Å². The van der Waals surface area contributed by atoms with E-state index in [9.17, 15) is 4.79 Å². The number of aryl methyl sites for hydroxylation is 1. The van der Waals surface area contributed by atoms with Gasteiger partial charge >= 0.3 is 0 Å². The first kappa shape index (κ1) is 11.2. The summed E-state index contributed by atoms with van der Waals surface area (Å²) in [6, 6.07) is 4.97. The molecular formula is C11H8Cl2N2O. The summed E-state index contributed by atoms with van der Waals surface area (Å²) in [5, 5.41) is 4.63. The van der Waals surface area contributed by atoms with Crippen LogP contribution in [0.5, 0.6) is 0 Å². The minimum atomic E-state index is -0.219. The van der Waals surface area contributed by atoms with Gasteiger partial charge in [0.1, 0.15) is 0 Å². The van der Waals surface area contributed by atoms with Gasteiger partial charge in [-0.15, -0.1) is 0 Å². The van der Waals surface area contributed by atoms with Gasteiger partial charge in [0.15, 0.2) is 5.78 Å². The largest absolute Gasteiger partial charge is 0.288 e. The molecular weight excluding hydrogens is 247 g/mol. The molecule has 0 aliphatic rings. The molecule has 0 bridgehead atoms. The summed E-state index contributed by atoms with van der Waals surface area (Å²) < 4.78 is 1.55. The Morgan fingerprint density at radius 1 is 1.31 bits per heavy atom. The lowest BCUT2D eigenvalue weighted by molar-refractivity contribution is 0.103. The van der Waals surface area contributed by atoms with Crippen molar-refractivity contribution in [3.8, 4) is 0 Å². The van der Waals surface area contributed by atoms with Crippen molar-refractivity contribution in [1.82, 2.24) is 9.78 Å². The minimum absolute atomic E-state index is 0.219. The standard InChI is InChI=1S/C11H8Cl2N2O/c1-15-6-7(5-14-15)11(16)10-8(12)3-2-4-9(10)13/h2-6H,1H3. The zero-order valence-electron chi connectivity index (χ0n) is 8.45. The van der Waals surface area contributed by atoms with E-state index in [-0.39, 0.29) is 5.78 Å². The number of halogens is 2. The fourth-order valence-corrected chi connectivity index (χ4v) is 1.97. The average Bonchev–Trinajstić information content (AvgIpc) is 2.64. The normalized spacial score (nSPS) is 10.4. The summed E-state index contributed by atoms with van der Waals surface area (Å²) in [5.41, 5.74) is 0.788. The lowest BCUT2D eigenvalue weighted by Crippen LogP contribution is -2.02. The van der Waals surface area contributed by atoms with Crippen molar-refractivity contribution in [1.29, 1.82) is 0 Å². The van der Waals surface area contributed by atoms with Crippen LogP contribution in [0.4, 0.5) is 0 Å². The first-order chi connectivity index (χ1) is 7.59. The predicted octanol–water partition coefficient (Wildman–Crippen LogP) is 2.96. The Kier molecular flexibility index (Phi) is 2.99. The van der Waals surface area contributed by atoms with E-state index in [0.29, 0.717) is 21.2 Å². The molecule has 2 aromatic rings. The van der Waals surface area contributed by atoms with Gasteiger partial charge in [-0.2, -0.15) is 5.10 Å². The molecule has 1 aromatic carbocycles. The number of hydrogen-bond donors (Lipinski definition) is 0. The Morgan fingerprint density at radius 3 is 2.44 bits per heavy atom. The summed E-state index contributed by atoms with van der Waals surface area (Å²) in [5.74, 6) is -0.219. The molecule has 0 fully saturated rings. The molecule has 0 saturated heterocycles. The summed E-state index contributed by atoms with van der Waals surface area (Å²) >= 11 is 11.9. The SMILES string of the molecule is Cn1cc(C(=O)c2c(Cl)cccc2Cl)cn1. The molecule has 1 aromatic heterocycles. The molecule has 5 heteroatoms. The molecule has 0 radical (unpaired) electrons. The summed E-state index contributed by atoms with van der Waals surface area (Å²) in [6.07, 6.45) is 3.12. The van der Waals surface area contributed by atoms with Crippen LogP contribution in [-0.2, 0) is 7.05 Å². The smallest absolute Gasteiger partial charge is 0.199 e. The van der Waals surface area contributed by atoms with Gasteiger partial charge in [0.25, 0.3) is 0 Å². The maximum atomic E-state index is 12.1. The van der Waals surface area contributed by atoms with Gasteiger partial charge in [0, 0.05) is 13.2 Å². The van der Waals surface area contributed by atoms with Crippen LogP contribution in [0.1, 0.15) is 15.9 Å². The molecule has 82 valence electrons. The van der Waals surface area contributed by atoms with Crippen molar-refractivity contribution in [2.45, 2.75) is 0 Å². The molecule has 0 atom stereocenters. The van der Waals surface area contributed by atoms with Gasteiger partial charge in [-0.25, -0.2) is 0 Å². The number of carbonyl (C=O) groups excluding carboxylic acids is 1. The van der Waals surface area contributed by atoms with E-state index in [0.717, 1.165) is 0 Å². The molecule has 0 spiro atoms. The van der Waals surface area contributed by atoms with Crippen LogP contribution in [0.25, 0.3) is 0 Å². The molecule has 0 amide bonds. The van der Waals surface area contributed by atoms with Crippen molar-refractivity contribution in [2.75, 3.05) is 0 Å². The summed E-state index contributed by atoms with van der Waals surface area (Å²) in [4.78, 5) is 12.1. The van der Waals surface area contributed by atoms with Crippen LogP contribution < -0.4 is 0 Å². The van der Waals surface area contributed by atoms with Crippen molar-refractivity contribution in [2.24, 2.45) is 7.05 Å². The zero-order valence-corrected chi connectivity index (χ0v) is 9.96. The van der Waals surface area contributed by atoms with Gasteiger partial charge in [0.05, 0.1) is 27.4 Å². The van der Waals surface area contributed by atoms with E-state index in [1.165, 1.54) is 6.20 Å². The van der Waals surface area contributed by atoms with E-state index in [2.05, 4.69) is 5.10 Å². The fraction of sp³-hybridized carbons (Fsp3) is 0.0909. The fourth-order valence-electron chi connectivity index (χ4n) is 1.40. The monoisotopic (exact) mass is 254 g/mol. The molecule has 0 saturated carbocycles. The van der Waals surface area contributed by atoms with E-state index in [4.69, 9.17) is 23.2 Å². The number of rotatable bonds is 2. The van der Waals surface area contributed by atoms with Gasteiger partial charge < -0.3 is 0 Å². The first-order valence-corrected chi connectivity index (χ1v) is 5.32. The Hall–Kier alpha value is -1.32. The number of ketones is 1. The highest BCUT2D eigenvalue weighted by atomic mass is 35.5. The molecule has 0 unspecified atom stereocenters. The third-order valence-electron chi connectivity index (χ3n) is 2.16. The van der Waals surface area contributed by atoms with Crippen molar-refractivity contribution in [3.63, 3.8) is 0 Å². The lowest BCUT2D eigenvalue weighted by atomic mass is 10.1. The maximum absolute atomic E-state index is 12.1. The van der Waals surface area contributed by atoms with E-state index < -0.39 is 0 Å². The second-order valence-corrected chi connectivity index (χ2v) is 4.14. The molecule has 16 heavy (non-hydrogen) atoms. The number of nitrogens with zero attached hydrogens (tertiary/aromatic N) is 2. The van der Waals surface area contributed by atoms with Crippen LogP contribution in [0, 0.1) is 0 Å². The molecule has 1 heterocycles. The average molecular weight is 255 g/mol. The molecule has 0 N–H and O–H groups in total. The van der Waals surface area contributed by atoms with E-state index in [1.807, 2.05) is 0 Å². The minimum Gasteiger partial charge on any atom is -0.288 e. The Labute approximate surface area is 103 Å². The third kappa shape index (κ3) is 1.96. The molecule has 2 rings (SSSR count). The molecule has 0 aliphatic carbocycles. The lowest BCUT2D eigenvalue weighted by Gasteiger charge is -2.03. The zero-order chi connectivity index (χ0) is 11.7. The molecule has 3 nitrogen and oxygen atoms in total. The highest BCUT2D eigenvalue weighted by molar-refractivity contribution is 6.40. The highest BCUT2D eigenvalue weighted by Gasteiger charge is 2.17. The van der Waals surface area contributed by atoms with Crippen LogP contribution in [0.2, 0.25) is 10.0 Å². The Bertz CT molecular complexity index is 528. The summed E-state index contributed by atoms with van der Waals surface area (Å²) in [7, 11) is 1.74.